The van der Waals surface area contributed by atoms with Gasteiger partial charge in [0.2, 0.25) is 5.65 Å². The van der Waals surface area contributed by atoms with Crippen LogP contribution in [0, 0.1) is 59.8 Å². The highest BCUT2D eigenvalue weighted by molar-refractivity contribution is 7.80. The number of hydrogen-bond donors (Lipinski definition) is 0. The maximum absolute atomic E-state index is 11.5. The molecular formula is C16H13BN2OP+. The molecule has 5 heteroatoms. The summed E-state index contributed by atoms with van der Waals surface area (Å²) >= 11 is 0. The van der Waals surface area contributed by atoms with Crippen LogP contribution in [-0.4, -0.2) is 55.8 Å². The van der Waals surface area contributed by atoms with Gasteiger partial charge in [0.05, 0.1) is 26.1 Å². The van der Waals surface area contributed by atoms with Gasteiger partial charge in [-0.3, -0.25) is 4.79 Å². The van der Waals surface area contributed by atoms with Crippen LogP contribution in [0.3, 0.4) is 0 Å². The van der Waals surface area contributed by atoms with Crippen molar-refractivity contribution in [1.29, 1.82) is 0 Å². The highest BCUT2D eigenvalue weighted by Crippen LogP contribution is 2.15. The number of hydrogen-bond acceptors (Lipinski definition) is 1. The average Bonchev–Trinajstić information content (AvgIpc) is 2.50. The molecule has 0 N–H and O–H groups in total. The summed E-state index contributed by atoms with van der Waals surface area (Å²) in [7, 11) is 7.23. The third-order valence-corrected chi connectivity index (χ3v) is 3.47. The molecule has 1 saturated heterocycles. The van der Waals surface area contributed by atoms with Crippen molar-refractivity contribution in [2.75, 3.05) is 33.2 Å². The predicted octanol–water partition coefficient (Wildman–Crippen LogP) is 0.235. The van der Waals surface area contributed by atoms with Gasteiger partial charge >= 0.3 is 0 Å². The number of nitrogens with zero attached hydrogens (tertiary/aromatic N) is 2. The molecule has 1 atom stereocenters. The maximum atomic E-state index is 11.5. The van der Waals surface area contributed by atoms with Crippen LogP contribution < -0.4 is 0 Å². The zero-order chi connectivity index (χ0) is 15.6. The minimum atomic E-state index is -0.172. The van der Waals surface area contributed by atoms with E-state index in [2.05, 4.69) is 53.4 Å². The van der Waals surface area contributed by atoms with Gasteiger partial charge < -0.3 is 4.90 Å². The lowest BCUT2D eigenvalue weighted by Crippen LogP contribution is -2.55. The smallest absolute Gasteiger partial charge is 0.230 e. The van der Waals surface area contributed by atoms with Gasteiger partial charge in [0.1, 0.15) is 20.7 Å². The first kappa shape index (κ1) is 16.8. The van der Waals surface area contributed by atoms with E-state index in [0.717, 1.165) is 13.1 Å². The Morgan fingerprint density at radius 3 is 2.14 bits per heavy atom. The van der Waals surface area contributed by atoms with Gasteiger partial charge in [-0.2, -0.15) is 0 Å². The first-order chi connectivity index (χ1) is 10.1. The Balaban J connectivity index is 2.55. The van der Waals surface area contributed by atoms with Crippen LogP contribution in [0.25, 0.3) is 0 Å². The van der Waals surface area contributed by atoms with Gasteiger partial charge in [-0.25, -0.2) is 4.48 Å². The predicted molar refractivity (Wildman–Crippen MR) is 86.9 cm³/mol. The van der Waals surface area contributed by atoms with Gasteiger partial charge in [0.15, 0.2) is 6.04 Å². The van der Waals surface area contributed by atoms with E-state index in [1.807, 2.05) is 7.05 Å². The van der Waals surface area contributed by atoms with E-state index in [-0.39, 0.29) is 14.1 Å². The van der Waals surface area contributed by atoms with Gasteiger partial charge in [-0.05, 0) is 23.7 Å². The van der Waals surface area contributed by atoms with E-state index >= 15 is 0 Å². The lowest BCUT2D eigenvalue weighted by molar-refractivity contribution is -0.847. The molecule has 0 aliphatic carbocycles. The Kier molecular flexibility index (Phi) is 7.04. The van der Waals surface area contributed by atoms with Gasteiger partial charge in [-0.15, -0.1) is 6.42 Å². The molecule has 1 aliphatic rings. The fraction of sp³-hybridized carbons (Fsp3) is 0.312. The Morgan fingerprint density at radius 1 is 1.10 bits per heavy atom. The third-order valence-electron chi connectivity index (χ3n) is 2.91. The van der Waals surface area contributed by atoms with Crippen molar-refractivity contribution in [3.05, 3.63) is 0 Å². The van der Waals surface area contributed by atoms with E-state index in [0.29, 0.717) is 17.6 Å². The summed E-state index contributed by atoms with van der Waals surface area (Å²) in [4.78, 5) is 13.3. The van der Waals surface area contributed by atoms with E-state index in [9.17, 15) is 4.79 Å². The first-order valence-corrected chi connectivity index (χ1v) is 7.27. The largest absolute Gasteiger partial charge is 0.329 e. The number of quaternary nitrogens is 1. The molecule has 0 spiro atoms. The molecule has 100 valence electrons. The highest BCUT2D eigenvalue weighted by Gasteiger charge is 2.29. The topological polar surface area (TPSA) is 20.3 Å². The highest BCUT2D eigenvalue weighted by atomic mass is 31.1. The lowest BCUT2D eigenvalue weighted by atomic mass is 10.3. The minimum Gasteiger partial charge on any atom is -0.329 e. The van der Waals surface area contributed by atoms with E-state index in [4.69, 9.17) is 14.0 Å². The molecule has 1 aliphatic heterocycles. The number of likely N-dealkylation sites (N-methyl/N-ethyl adjacent to an activating group) is 1. The Hall–Kier alpha value is -2.28. The molecule has 21 heavy (non-hydrogen) atoms. The third kappa shape index (κ3) is 6.14. The SMILES string of the molecule is [B]PC(=O)N1CC[N+](C)(C#CC#CC#CC#CC#C)CC1. The molecule has 2 radical (unpaired) electrons. The second kappa shape index (κ2) is 8.81. The summed E-state index contributed by atoms with van der Waals surface area (Å²) in [5.41, 5.74) is 0.0114. The normalized spacial score (nSPS) is 15.0. The lowest BCUT2D eigenvalue weighted by Gasteiger charge is -2.36. The van der Waals surface area contributed by atoms with Crippen LogP contribution in [0.4, 0.5) is 4.79 Å². The monoisotopic (exact) mass is 291 g/mol. The van der Waals surface area contributed by atoms with E-state index in [1.165, 1.54) is 0 Å². The van der Waals surface area contributed by atoms with Crippen LogP contribution in [0.15, 0.2) is 0 Å². The number of carbonyl (C=O) groups excluding carboxylic acids is 1. The van der Waals surface area contributed by atoms with Crippen LogP contribution in [-0.2, 0) is 0 Å². The Labute approximate surface area is 129 Å². The summed E-state index contributed by atoms with van der Waals surface area (Å²) in [6.07, 6.45) is 4.94. The van der Waals surface area contributed by atoms with Crippen LogP contribution >= 0.6 is 8.46 Å². The molecule has 0 aromatic carbocycles. The van der Waals surface area contributed by atoms with E-state index < -0.39 is 0 Å². The van der Waals surface area contributed by atoms with Gasteiger partial charge in [0, 0.05) is 17.8 Å². The zero-order valence-corrected chi connectivity index (χ0v) is 12.8. The molecule has 1 fully saturated rings. The van der Waals surface area contributed by atoms with Gasteiger partial charge in [0.25, 0.3) is 0 Å². The molecule has 1 heterocycles. The van der Waals surface area contributed by atoms with Crippen LogP contribution in [0.5, 0.6) is 0 Å². The zero-order valence-electron chi connectivity index (χ0n) is 11.8. The summed E-state index contributed by atoms with van der Waals surface area (Å²) < 4.78 is 0.566. The maximum Gasteiger partial charge on any atom is 0.230 e. The molecule has 0 aromatic heterocycles. The van der Waals surface area contributed by atoms with Crippen molar-refractivity contribution in [3.8, 4) is 59.8 Å². The van der Waals surface area contributed by atoms with Crippen LogP contribution in [0.1, 0.15) is 0 Å². The fourth-order valence-electron chi connectivity index (χ4n) is 1.67. The summed E-state index contributed by atoms with van der Waals surface area (Å²) in [6, 6.07) is 3.09. The molecule has 3 nitrogen and oxygen atoms in total. The quantitative estimate of drug-likeness (QED) is 0.293. The standard InChI is InChI=1S/C16H13BN2OP/c1-3-4-5-6-7-8-9-10-13-19(2)14-11-18(12-15-19)16(20)21-17/h1,21H,11-12,14-15H2,2H3/q+1. The fourth-order valence-corrected chi connectivity index (χ4v) is 2.07. The average molecular weight is 291 g/mol. The van der Waals surface area contributed by atoms with Crippen molar-refractivity contribution in [2.24, 2.45) is 0 Å². The molecular weight excluding hydrogens is 278 g/mol. The second-order valence-corrected chi connectivity index (χ2v) is 5.13. The van der Waals surface area contributed by atoms with Crippen molar-refractivity contribution in [1.82, 2.24) is 4.90 Å². The molecule has 1 rings (SSSR count). The number of terminal acetylenes is 1. The minimum absolute atomic E-state index is 0.0114. The number of piperazine rings is 1. The summed E-state index contributed by atoms with van der Waals surface area (Å²) in [6.45, 7) is 2.88. The van der Waals surface area contributed by atoms with Crippen molar-refractivity contribution in [3.63, 3.8) is 0 Å². The number of amides is 1. The molecule has 0 bridgehead atoms. The molecule has 0 aromatic rings. The Bertz CT molecular complexity index is 684. The summed E-state index contributed by atoms with van der Waals surface area (Å²) in [5.74, 6) is 20.1. The van der Waals surface area contributed by atoms with Crippen molar-refractivity contribution in [2.45, 2.75) is 0 Å². The molecule has 1 amide bonds. The summed E-state index contributed by atoms with van der Waals surface area (Å²) in [5, 5.41) is 0. The second-order valence-electron chi connectivity index (χ2n) is 4.41. The van der Waals surface area contributed by atoms with Gasteiger partial charge in [-0.1, -0.05) is 8.46 Å². The molecule has 0 saturated carbocycles. The Morgan fingerprint density at radius 2 is 1.62 bits per heavy atom. The van der Waals surface area contributed by atoms with E-state index in [1.54, 1.807) is 4.90 Å². The number of carbonyl (C=O) groups is 1. The van der Waals surface area contributed by atoms with Crippen molar-refractivity contribution >= 4 is 21.7 Å². The number of rotatable bonds is 1. The van der Waals surface area contributed by atoms with Crippen molar-refractivity contribution < 1.29 is 9.28 Å². The first-order valence-electron chi connectivity index (χ1n) is 6.19. The van der Waals surface area contributed by atoms with Crippen LogP contribution in [0.2, 0.25) is 0 Å². The molecule has 1 unspecified atom stereocenters.